The van der Waals surface area contributed by atoms with Crippen LogP contribution in [-0.4, -0.2) is 58.8 Å². The number of alkyl carbamates (subject to hydrolysis) is 2. The second-order valence-electron chi connectivity index (χ2n) is 18.2. The zero-order chi connectivity index (χ0) is 53.0. The number of carbonyl (C=O) groups is 4. The predicted molar refractivity (Wildman–Crippen MR) is 285 cm³/mol. The number of nitrogens with two attached hydrogens (primary N) is 2. The van der Waals surface area contributed by atoms with Gasteiger partial charge in [0.05, 0.1) is 49.3 Å². The SMILES string of the molecule is CCOC(=O)C[C@H](N)c1ccccc1.CCOC(=O)C[C@H](NC(=O)OCc1ccccc1)c1ccccc1.N[C@@H](CC1(O)CC1)c1ccccc1.O=C(N[C@@H](CC1(O)CC1)c1ccccc1)OCc1ccccc1. The Morgan fingerprint density at radius 3 is 1.16 bits per heavy atom. The predicted octanol–water partition coefficient (Wildman–Crippen LogP) is 10.4. The standard InChI is InChI=1S/C19H21NO4.C19H21NO3.C11H15NO2.C11H15NO/c1-2-23-18(21)13-17(16-11-7-4-8-12-16)20-19(22)24-14-15-9-5-3-6-10-15;21-18(23-14-15-7-3-1-4-8-15)20-17(13-19(22)11-12-19)16-9-5-2-6-10-16;1-2-14-11(13)8-10(12)9-6-4-3-5-7-9;12-10(8-11(13)6-7-11)9-4-2-1-3-5-9/h3-12,17H,2,13-14H2,1H3,(H,20,22);1-10,17,22H,11-14H2,(H,20,21);3-7,10H,2,8,12H2,1H3;1-5,10,13H,6-8,12H2/t2*17-;2*10-/m0000/s1. The molecule has 0 heterocycles. The molecule has 0 saturated heterocycles. The average Bonchev–Trinajstić information content (AvgIpc) is 4.36. The van der Waals surface area contributed by atoms with Crippen molar-refractivity contribution in [3.8, 4) is 0 Å². The maximum absolute atomic E-state index is 12.1. The van der Waals surface area contributed by atoms with Crippen molar-refractivity contribution in [1.82, 2.24) is 10.6 Å². The van der Waals surface area contributed by atoms with Crippen molar-refractivity contribution in [2.75, 3.05) is 13.2 Å². The van der Waals surface area contributed by atoms with Gasteiger partial charge in [0.1, 0.15) is 13.2 Å². The van der Waals surface area contributed by atoms with Gasteiger partial charge in [0.15, 0.2) is 0 Å². The van der Waals surface area contributed by atoms with E-state index in [4.69, 9.17) is 30.4 Å². The summed E-state index contributed by atoms with van der Waals surface area (Å²) in [6.45, 7) is 4.65. The second kappa shape index (κ2) is 30.6. The summed E-state index contributed by atoms with van der Waals surface area (Å²) < 4.78 is 20.3. The average molecular weight is 1010 g/mol. The van der Waals surface area contributed by atoms with Crippen molar-refractivity contribution in [2.45, 2.75) is 114 Å². The van der Waals surface area contributed by atoms with Gasteiger partial charge in [-0.1, -0.05) is 182 Å². The molecule has 14 heteroatoms. The number of aliphatic hydroxyl groups is 2. The van der Waals surface area contributed by atoms with Gasteiger partial charge in [0.25, 0.3) is 0 Å². The smallest absolute Gasteiger partial charge is 0.407 e. The Morgan fingerprint density at radius 1 is 0.446 bits per heavy atom. The molecule has 0 aromatic heterocycles. The molecule has 74 heavy (non-hydrogen) atoms. The van der Waals surface area contributed by atoms with Crippen molar-refractivity contribution >= 4 is 24.1 Å². The zero-order valence-corrected chi connectivity index (χ0v) is 42.4. The maximum Gasteiger partial charge on any atom is 0.407 e. The molecule has 392 valence electrons. The minimum Gasteiger partial charge on any atom is -0.466 e. The number of hydrogen-bond donors (Lipinski definition) is 6. The lowest BCUT2D eigenvalue weighted by Crippen LogP contribution is -2.32. The van der Waals surface area contributed by atoms with Crippen LogP contribution in [0.2, 0.25) is 0 Å². The van der Waals surface area contributed by atoms with Crippen LogP contribution in [0.3, 0.4) is 0 Å². The summed E-state index contributed by atoms with van der Waals surface area (Å²) in [5.41, 5.74) is 16.4. The number of amides is 2. The third kappa shape index (κ3) is 22.2. The van der Waals surface area contributed by atoms with Crippen LogP contribution in [0.1, 0.15) is 123 Å². The van der Waals surface area contributed by atoms with Gasteiger partial charge in [0.2, 0.25) is 0 Å². The lowest BCUT2D eigenvalue weighted by molar-refractivity contribution is -0.144. The summed E-state index contributed by atoms with van der Waals surface area (Å²) in [6, 6.07) is 56.4. The molecule has 0 radical (unpaired) electrons. The molecule has 2 amide bonds. The molecule has 6 aromatic rings. The van der Waals surface area contributed by atoms with E-state index in [1.807, 2.05) is 182 Å². The molecule has 2 saturated carbocycles. The topological polar surface area (TPSA) is 222 Å². The van der Waals surface area contributed by atoms with Crippen LogP contribution in [0.25, 0.3) is 0 Å². The number of ether oxygens (including phenoxy) is 4. The highest BCUT2D eigenvalue weighted by Crippen LogP contribution is 2.43. The lowest BCUT2D eigenvalue weighted by atomic mass is 10.00. The minimum absolute atomic E-state index is 0.0197. The molecule has 0 spiro atoms. The molecule has 2 aliphatic rings. The van der Waals surface area contributed by atoms with Crippen molar-refractivity contribution in [2.24, 2.45) is 11.5 Å². The van der Waals surface area contributed by atoms with Gasteiger partial charge in [-0.05, 0) is 79.3 Å². The van der Waals surface area contributed by atoms with Gasteiger partial charge in [-0.3, -0.25) is 9.59 Å². The van der Waals surface area contributed by atoms with E-state index < -0.39 is 29.4 Å². The Balaban J connectivity index is 0.000000189. The van der Waals surface area contributed by atoms with Crippen molar-refractivity contribution in [1.29, 1.82) is 0 Å². The quantitative estimate of drug-likeness (QED) is 0.0311. The van der Waals surface area contributed by atoms with Crippen LogP contribution in [0.4, 0.5) is 9.59 Å². The Morgan fingerprint density at radius 2 is 0.770 bits per heavy atom. The summed E-state index contributed by atoms with van der Waals surface area (Å²) in [7, 11) is 0. The van der Waals surface area contributed by atoms with Crippen LogP contribution >= 0.6 is 0 Å². The van der Waals surface area contributed by atoms with Gasteiger partial charge >= 0.3 is 24.1 Å². The number of nitrogens with one attached hydrogen (secondary N) is 2. The summed E-state index contributed by atoms with van der Waals surface area (Å²) in [5, 5.41) is 25.5. The molecule has 2 fully saturated rings. The first kappa shape index (κ1) is 57.5. The van der Waals surface area contributed by atoms with E-state index in [-0.39, 0.29) is 56.1 Å². The summed E-state index contributed by atoms with van der Waals surface area (Å²) >= 11 is 0. The first-order valence-electron chi connectivity index (χ1n) is 25.2. The highest BCUT2D eigenvalue weighted by molar-refractivity contribution is 5.73. The van der Waals surface area contributed by atoms with E-state index in [9.17, 15) is 29.4 Å². The van der Waals surface area contributed by atoms with Crippen LogP contribution < -0.4 is 22.1 Å². The summed E-state index contributed by atoms with van der Waals surface area (Å²) in [6.07, 6.45) is 3.85. The van der Waals surface area contributed by atoms with Gasteiger partial charge in [-0.2, -0.15) is 0 Å². The molecule has 0 bridgehead atoms. The fourth-order valence-electron chi connectivity index (χ4n) is 7.60. The Hall–Kier alpha value is -7.36. The third-order valence-electron chi connectivity index (χ3n) is 12.1. The van der Waals surface area contributed by atoms with Crippen molar-refractivity contribution in [3.63, 3.8) is 0 Å². The van der Waals surface area contributed by atoms with Crippen molar-refractivity contribution in [3.05, 3.63) is 215 Å². The fraction of sp³-hybridized carbons (Fsp3) is 0.333. The number of carbonyl (C=O) groups excluding carboxylic acids is 4. The highest BCUT2D eigenvalue weighted by atomic mass is 16.6. The Bertz CT molecular complexity index is 2530. The molecule has 0 unspecified atom stereocenters. The van der Waals surface area contributed by atoms with E-state index in [2.05, 4.69) is 10.6 Å². The van der Waals surface area contributed by atoms with Crippen LogP contribution in [0, 0.1) is 0 Å². The molecule has 0 aliphatic heterocycles. The van der Waals surface area contributed by atoms with E-state index in [1.54, 1.807) is 13.8 Å². The van der Waals surface area contributed by atoms with E-state index >= 15 is 0 Å². The second-order valence-corrected chi connectivity index (χ2v) is 18.2. The lowest BCUT2D eigenvalue weighted by Gasteiger charge is -2.21. The normalized spacial score (nSPS) is 14.8. The Kier molecular flexibility index (Phi) is 23.8. The van der Waals surface area contributed by atoms with Crippen LogP contribution in [0.5, 0.6) is 0 Å². The monoisotopic (exact) mass is 1010 g/mol. The molecule has 4 atom stereocenters. The molecule has 2 aliphatic carbocycles. The van der Waals surface area contributed by atoms with Gasteiger partial charge in [0, 0.05) is 18.5 Å². The van der Waals surface area contributed by atoms with Crippen LogP contribution in [-0.2, 0) is 41.8 Å². The molecule has 14 nitrogen and oxygen atoms in total. The molecule has 8 rings (SSSR count). The highest BCUT2D eigenvalue weighted by Gasteiger charge is 2.43. The summed E-state index contributed by atoms with van der Waals surface area (Å²) in [4.78, 5) is 47.0. The van der Waals surface area contributed by atoms with Crippen LogP contribution in [0.15, 0.2) is 182 Å². The molecule has 8 N–H and O–H groups in total. The Labute approximate surface area is 435 Å². The summed E-state index contributed by atoms with van der Waals surface area (Å²) in [5.74, 6) is -0.612. The minimum atomic E-state index is -0.646. The maximum atomic E-state index is 12.1. The molecular weight excluding hydrogens is 937 g/mol. The largest absolute Gasteiger partial charge is 0.466 e. The van der Waals surface area contributed by atoms with E-state index in [0.717, 1.165) is 59.1 Å². The number of esters is 2. The van der Waals surface area contributed by atoms with E-state index in [1.165, 1.54) is 0 Å². The van der Waals surface area contributed by atoms with Gasteiger partial charge < -0.3 is 51.3 Å². The third-order valence-corrected chi connectivity index (χ3v) is 12.1. The number of hydrogen-bond acceptors (Lipinski definition) is 12. The fourth-order valence-corrected chi connectivity index (χ4v) is 7.60. The number of rotatable bonds is 20. The van der Waals surface area contributed by atoms with E-state index in [0.29, 0.717) is 26.1 Å². The van der Waals surface area contributed by atoms with Gasteiger partial charge in [-0.15, -0.1) is 0 Å². The first-order chi connectivity index (χ1) is 35.8. The van der Waals surface area contributed by atoms with Crippen molar-refractivity contribution < 1.29 is 48.3 Å². The first-order valence-corrected chi connectivity index (χ1v) is 25.2. The van der Waals surface area contributed by atoms with Gasteiger partial charge in [-0.25, -0.2) is 9.59 Å². The molecular formula is C60H72N4O10. The number of benzene rings is 6. The molecule has 6 aromatic carbocycles. The zero-order valence-electron chi connectivity index (χ0n) is 42.4.